The molecule has 0 radical (unpaired) electrons. The fourth-order valence-electron chi connectivity index (χ4n) is 1.90. The summed E-state index contributed by atoms with van der Waals surface area (Å²) in [5, 5.41) is 6.49. The van der Waals surface area contributed by atoms with Crippen LogP contribution in [0.1, 0.15) is 12.0 Å². The number of rotatable bonds is 7. The van der Waals surface area contributed by atoms with Gasteiger partial charge in [-0.3, -0.25) is 9.56 Å². The van der Waals surface area contributed by atoms with Crippen molar-refractivity contribution in [3.05, 3.63) is 42.6 Å². The van der Waals surface area contributed by atoms with Gasteiger partial charge in [0.1, 0.15) is 12.1 Å². The van der Waals surface area contributed by atoms with E-state index >= 15 is 0 Å². The first-order chi connectivity index (χ1) is 10.8. The molecular formula is C15H22N6O. The number of nitrogens with one attached hydrogen (secondary N) is 2. The van der Waals surface area contributed by atoms with Gasteiger partial charge in [0, 0.05) is 52.4 Å². The maximum atomic E-state index is 5.01. The van der Waals surface area contributed by atoms with E-state index in [0.29, 0.717) is 6.54 Å². The Balaban J connectivity index is 1.80. The van der Waals surface area contributed by atoms with E-state index in [-0.39, 0.29) is 0 Å². The minimum absolute atomic E-state index is 0.668. The van der Waals surface area contributed by atoms with Gasteiger partial charge in [-0.15, -0.1) is 0 Å². The van der Waals surface area contributed by atoms with Gasteiger partial charge in [0.25, 0.3) is 0 Å². The van der Waals surface area contributed by atoms with Crippen LogP contribution in [0.2, 0.25) is 0 Å². The molecule has 0 amide bonds. The number of guanidine groups is 1. The minimum atomic E-state index is 0.668. The standard InChI is InChI=1S/C15H22N6O/c1-16-15(18-6-3-9-22-2)20-11-13-4-5-14(19-10-13)21-8-7-17-12-21/h4-5,7-8,10,12H,3,6,9,11H2,1-2H3,(H2,16,18,20). The zero-order chi connectivity index (χ0) is 15.6. The quantitative estimate of drug-likeness (QED) is 0.453. The molecule has 7 nitrogen and oxygen atoms in total. The van der Waals surface area contributed by atoms with Gasteiger partial charge in [0.15, 0.2) is 5.96 Å². The van der Waals surface area contributed by atoms with Crippen molar-refractivity contribution in [3.63, 3.8) is 0 Å². The average molecular weight is 302 g/mol. The lowest BCUT2D eigenvalue weighted by Gasteiger charge is -2.11. The van der Waals surface area contributed by atoms with Gasteiger partial charge in [0.2, 0.25) is 0 Å². The number of aliphatic imine (C=N–C) groups is 1. The Morgan fingerprint density at radius 1 is 1.36 bits per heavy atom. The number of nitrogens with zero attached hydrogens (tertiary/aromatic N) is 4. The van der Waals surface area contributed by atoms with Gasteiger partial charge in [-0.25, -0.2) is 9.97 Å². The van der Waals surface area contributed by atoms with Crippen LogP contribution < -0.4 is 10.6 Å². The predicted octanol–water partition coefficient (Wildman–Crippen LogP) is 0.969. The summed E-state index contributed by atoms with van der Waals surface area (Å²) in [6.45, 7) is 2.23. The van der Waals surface area contributed by atoms with Gasteiger partial charge in [-0.2, -0.15) is 0 Å². The molecule has 2 aromatic rings. The number of pyridine rings is 1. The van der Waals surface area contributed by atoms with Crippen LogP contribution in [0.4, 0.5) is 0 Å². The predicted molar refractivity (Wildman–Crippen MR) is 86.1 cm³/mol. The topological polar surface area (TPSA) is 76.4 Å². The molecule has 0 spiro atoms. The average Bonchev–Trinajstić information content (AvgIpc) is 3.09. The molecule has 0 aliphatic carbocycles. The SMILES string of the molecule is CN=C(NCCCOC)NCc1ccc(-n2ccnc2)nc1. The largest absolute Gasteiger partial charge is 0.385 e. The van der Waals surface area contributed by atoms with Crippen molar-refractivity contribution < 1.29 is 4.74 Å². The number of ether oxygens (including phenoxy) is 1. The molecule has 0 unspecified atom stereocenters. The van der Waals surface area contributed by atoms with Crippen molar-refractivity contribution in [3.8, 4) is 5.82 Å². The molecule has 7 heteroatoms. The van der Waals surface area contributed by atoms with E-state index in [1.165, 1.54) is 0 Å². The zero-order valence-corrected chi connectivity index (χ0v) is 13.0. The molecular weight excluding hydrogens is 280 g/mol. The number of hydrogen-bond donors (Lipinski definition) is 2. The molecule has 0 saturated carbocycles. The third kappa shape index (κ3) is 4.85. The first-order valence-corrected chi connectivity index (χ1v) is 7.20. The van der Waals surface area contributed by atoms with Crippen molar-refractivity contribution >= 4 is 5.96 Å². The third-order valence-corrected chi connectivity index (χ3v) is 3.08. The molecule has 2 N–H and O–H groups in total. The maximum absolute atomic E-state index is 5.01. The van der Waals surface area contributed by atoms with Crippen LogP contribution in [-0.2, 0) is 11.3 Å². The van der Waals surface area contributed by atoms with Gasteiger partial charge in [-0.05, 0) is 18.1 Å². The van der Waals surface area contributed by atoms with Crippen LogP contribution >= 0.6 is 0 Å². The van der Waals surface area contributed by atoms with Gasteiger partial charge in [-0.1, -0.05) is 6.07 Å². The fraction of sp³-hybridized carbons (Fsp3) is 0.400. The normalized spacial score (nSPS) is 11.5. The lowest BCUT2D eigenvalue weighted by Crippen LogP contribution is -2.37. The van der Waals surface area contributed by atoms with Gasteiger partial charge >= 0.3 is 0 Å². The summed E-state index contributed by atoms with van der Waals surface area (Å²) in [5.74, 6) is 1.62. The van der Waals surface area contributed by atoms with Crippen molar-refractivity contribution in [2.45, 2.75) is 13.0 Å². The van der Waals surface area contributed by atoms with E-state index in [2.05, 4.69) is 25.6 Å². The van der Waals surface area contributed by atoms with E-state index in [9.17, 15) is 0 Å². The lowest BCUT2D eigenvalue weighted by atomic mass is 10.3. The molecule has 0 aliphatic rings. The third-order valence-electron chi connectivity index (χ3n) is 3.08. The molecule has 2 aromatic heterocycles. The van der Waals surface area contributed by atoms with Crippen LogP contribution in [-0.4, -0.2) is 47.8 Å². The van der Waals surface area contributed by atoms with E-state index in [1.54, 1.807) is 26.7 Å². The first-order valence-electron chi connectivity index (χ1n) is 7.20. The number of hydrogen-bond acceptors (Lipinski definition) is 4. The Hall–Kier alpha value is -2.41. The van der Waals surface area contributed by atoms with Crippen LogP contribution in [0.3, 0.4) is 0 Å². The Bertz CT molecular complexity index is 564. The highest BCUT2D eigenvalue weighted by molar-refractivity contribution is 5.79. The molecule has 0 bridgehead atoms. The monoisotopic (exact) mass is 302 g/mol. The highest BCUT2D eigenvalue weighted by Crippen LogP contribution is 2.05. The molecule has 0 aromatic carbocycles. The number of aromatic nitrogens is 3. The Morgan fingerprint density at radius 3 is 2.91 bits per heavy atom. The maximum Gasteiger partial charge on any atom is 0.191 e. The molecule has 0 atom stereocenters. The summed E-state index contributed by atoms with van der Waals surface area (Å²) in [6, 6.07) is 4.00. The first kappa shape index (κ1) is 16.0. The molecule has 0 fully saturated rings. The second-order valence-electron chi connectivity index (χ2n) is 4.69. The van der Waals surface area contributed by atoms with E-state index in [1.807, 2.05) is 29.1 Å². The Morgan fingerprint density at radius 2 is 2.27 bits per heavy atom. The Labute approximate surface area is 130 Å². The Kier molecular flexibility index (Phi) is 6.38. The molecule has 22 heavy (non-hydrogen) atoms. The van der Waals surface area contributed by atoms with Crippen LogP contribution in [0, 0.1) is 0 Å². The second-order valence-corrected chi connectivity index (χ2v) is 4.69. The number of methoxy groups -OCH3 is 1. The summed E-state index contributed by atoms with van der Waals surface area (Å²) in [5.41, 5.74) is 1.09. The van der Waals surface area contributed by atoms with Crippen LogP contribution in [0.25, 0.3) is 5.82 Å². The fourth-order valence-corrected chi connectivity index (χ4v) is 1.90. The summed E-state index contributed by atoms with van der Waals surface area (Å²) >= 11 is 0. The van der Waals surface area contributed by atoms with Crippen molar-refractivity contribution in [1.29, 1.82) is 0 Å². The molecule has 2 heterocycles. The zero-order valence-electron chi connectivity index (χ0n) is 13.0. The van der Waals surface area contributed by atoms with E-state index in [4.69, 9.17) is 4.74 Å². The van der Waals surface area contributed by atoms with Crippen LogP contribution in [0.5, 0.6) is 0 Å². The lowest BCUT2D eigenvalue weighted by molar-refractivity contribution is 0.195. The second kappa shape index (κ2) is 8.78. The smallest absolute Gasteiger partial charge is 0.191 e. The van der Waals surface area contributed by atoms with E-state index < -0.39 is 0 Å². The van der Waals surface area contributed by atoms with Crippen molar-refractivity contribution in [2.24, 2.45) is 4.99 Å². The summed E-state index contributed by atoms with van der Waals surface area (Å²) < 4.78 is 6.88. The molecule has 118 valence electrons. The molecule has 0 aliphatic heterocycles. The summed E-state index contributed by atoms with van der Waals surface area (Å²) in [7, 11) is 3.46. The van der Waals surface area contributed by atoms with Gasteiger partial charge in [0.05, 0.1) is 0 Å². The van der Waals surface area contributed by atoms with Crippen LogP contribution in [0.15, 0.2) is 42.0 Å². The molecule has 2 rings (SSSR count). The highest BCUT2D eigenvalue weighted by atomic mass is 16.5. The van der Waals surface area contributed by atoms with Crippen molar-refractivity contribution in [1.82, 2.24) is 25.2 Å². The van der Waals surface area contributed by atoms with Gasteiger partial charge < -0.3 is 15.4 Å². The minimum Gasteiger partial charge on any atom is -0.385 e. The number of imidazole rings is 1. The summed E-state index contributed by atoms with van der Waals surface area (Å²) in [4.78, 5) is 12.6. The van der Waals surface area contributed by atoms with Crippen molar-refractivity contribution in [2.75, 3.05) is 27.3 Å². The summed E-state index contributed by atoms with van der Waals surface area (Å²) in [6.07, 6.45) is 8.12. The molecule has 0 saturated heterocycles. The highest BCUT2D eigenvalue weighted by Gasteiger charge is 2.00. The van der Waals surface area contributed by atoms with E-state index in [0.717, 1.165) is 36.9 Å².